The summed E-state index contributed by atoms with van der Waals surface area (Å²) in [6.45, 7) is 1.40. The van der Waals surface area contributed by atoms with Crippen molar-refractivity contribution in [2.24, 2.45) is 0 Å². The van der Waals surface area contributed by atoms with Gasteiger partial charge in [0.2, 0.25) is 0 Å². The zero-order valence-electron chi connectivity index (χ0n) is 9.52. The van der Waals surface area contributed by atoms with E-state index in [1.807, 2.05) is 36.4 Å². The van der Waals surface area contributed by atoms with Gasteiger partial charge in [0, 0.05) is 0 Å². The molecule has 0 amide bonds. The normalized spacial score (nSPS) is 17.4. The lowest BCUT2D eigenvalue weighted by molar-refractivity contribution is 0.00842. The van der Waals surface area contributed by atoms with Crippen molar-refractivity contribution in [2.45, 2.75) is 18.7 Å². The van der Waals surface area contributed by atoms with Gasteiger partial charge in [0.1, 0.15) is 11.8 Å². The number of alkyl halides is 1. The smallest absolute Gasteiger partial charge is 0.147 e. The summed E-state index contributed by atoms with van der Waals surface area (Å²) >= 11 is 0. The average molecular weight is 228 g/mol. The fourth-order valence-corrected chi connectivity index (χ4v) is 2.67. The molecule has 3 rings (SSSR count). The number of halogens is 1. The van der Waals surface area contributed by atoms with Crippen LogP contribution in [0.15, 0.2) is 48.5 Å². The van der Waals surface area contributed by atoms with E-state index in [0.717, 1.165) is 11.1 Å². The molecule has 0 aliphatic heterocycles. The number of rotatable bonds is 1. The largest absolute Gasteiger partial charge is 0.377 e. The van der Waals surface area contributed by atoms with Crippen molar-refractivity contribution in [3.8, 4) is 11.1 Å². The molecule has 86 valence electrons. The highest BCUT2D eigenvalue weighted by Gasteiger charge is 2.45. The van der Waals surface area contributed by atoms with Crippen LogP contribution in [0.3, 0.4) is 0 Å². The summed E-state index contributed by atoms with van der Waals surface area (Å²) in [6, 6.07) is 14.9. The predicted molar refractivity (Wildman–Crippen MR) is 65.4 cm³/mol. The van der Waals surface area contributed by atoms with E-state index in [1.165, 1.54) is 6.92 Å². The second-order valence-corrected chi connectivity index (χ2v) is 4.47. The van der Waals surface area contributed by atoms with E-state index in [4.69, 9.17) is 0 Å². The lowest BCUT2D eigenvalue weighted by Gasteiger charge is -2.27. The monoisotopic (exact) mass is 228 g/mol. The Morgan fingerprint density at radius 2 is 1.35 bits per heavy atom. The highest BCUT2D eigenvalue weighted by Crippen LogP contribution is 2.49. The fourth-order valence-electron chi connectivity index (χ4n) is 2.67. The van der Waals surface area contributed by atoms with Gasteiger partial charge in [0.15, 0.2) is 0 Å². The molecule has 0 fully saturated rings. The molecule has 1 N–H and O–H groups in total. The van der Waals surface area contributed by atoms with E-state index in [2.05, 4.69) is 0 Å². The SMILES string of the molecule is CC(F)C1(O)c2ccccc2-c2ccccc21. The third kappa shape index (κ3) is 1.22. The average Bonchev–Trinajstić information content (AvgIpc) is 2.63. The Morgan fingerprint density at radius 1 is 0.941 bits per heavy atom. The highest BCUT2D eigenvalue weighted by molar-refractivity contribution is 5.80. The third-order valence-electron chi connectivity index (χ3n) is 3.54. The van der Waals surface area contributed by atoms with Crippen molar-refractivity contribution in [1.82, 2.24) is 0 Å². The van der Waals surface area contributed by atoms with Gasteiger partial charge in [0.25, 0.3) is 0 Å². The lowest BCUT2D eigenvalue weighted by Crippen LogP contribution is -2.34. The zero-order chi connectivity index (χ0) is 12.0. The van der Waals surface area contributed by atoms with Gasteiger partial charge in [-0.1, -0.05) is 48.5 Å². The second-order valence-electron chi connectivity index (χ2n) is 4.47. The first kappa shape index (κ1) is 10.5. The lowest BCUT2D eigenvalue weighted by atomic mass is 9.87. The van der Waals surface area contributed by atoms with E-state index in [-0.39, 0.29) is 0 Å². The van der Waals surface area contributed by atoms with Gasteiger partial charge >= 0.3 is 0 Å². The van der Waals surface area contributed by atoms with Crippen molar-refractivity contribution >= 4 is 0 Å². The first-order valence-electron chi connectivity index (χ1n) is 5.71. The summed E-state index contributed by atoms with van der Waals surface area (Å²) in [4.78, 5) is 0. The first-order valence-corrected chi connectivity index (χ1v) is 5.71. The van der Waals surface area contributed by atoms with Crippen LogP contribution >= 0.6 is 0 Å². The fraction of sp³-hybridized carbons (Fsp3) is 0.200. The van der Waals surface area contributed by atoms with Crippen LogP contribution in [0.2, 0.25) is 0 Å². The number of hydrogen-bond donors (Lipinski definition) is 1. The van der Waals surface area contributed by atoms with Crippen molar-refractivity contribution in [2.75, 3.05) is 0 Å². The first-order chi connectivity index (χ1) is 8.15. The van der Waals surface area contributed by atoms with Crippen molar-refractivity contribution in [3.63, 3.8) is 0 Å². The minimum Gasteiger partial charge on any atom is -0.377 e. The molecule has 2 aromatic carbocycles. The number of fused-ring (bicyclic) bond motifs is 3. The predicted octanol–water partition coefficient (Wildman–Crippen LogP) is 3.26. The second kappa shape index (κ2) is 3.41. The van der Waals surface area contributed by atoms with E-state index in [0.29, 0.717) is 11.1 Å². The number of hydrogen-bond acceptors (Lipinski definition) is 1. The van der Waals surface area contributed by atoms with Gasteiger partial charge < -0.3 is 5.11 Å². The van der Waals surface area contributed by atoms with Crippen LogP contribution in [0.1, 0.15) is 18.1 Å². The van der Waals surface area contributed by atoms with Crippen LogP contribution in [-0.2, 0) is 5.60 Å². The Kier molecular flexibility index (Phi) is 2.10. The molecule has 1 aliphatic carbocycles. The van der Waals surface area contributed by atoms with Crippen LogP contribution < -0.4 is 0 Å². The maximum absolute atomic E-state index is 13.9. The molecule has 0 saturated heterocycles. The zero-order valence-corrected chi connectivity index (χ0v) is 9.52. The molecular weight excluding hydrogens is 215 g/mol. The molecule has 0 spiro atoms. The van der Waals surface area contributed by atoms with Crippen LogP contribution in [-0.4, -0.2) is 11.3 Å². The Labute approximate surface area is 99.5 Å². The van der Waals surface area contributed by atoms with Crippen LogP contribution in [0.25, 0.3) is 11.1 Å². The maximum atomic E-state index is 13.9. The third-order valence-corrected chi connectivity index (χ3v) is 3.54. The number of aliphatic hydroxyl groups is 1. The molecule has 1 nitrogen and oxygen atoms in total. The van der Waals surface area contributed by atoms with Gasteiger partial charge in [-0.3, -0.25) is 0 Å². The Balaban J connectivity index is 2.39. The molecule has 0 heterocycles. The van der Waals surface area contributed by atoms with Gasteiger partial charge in [-0.25, -0.2) is 4.39 Å². The summed E-state index contributed by atoms with van der Waals surface area (Å²) in [5.41, 5.74) is 1.67. The summed E-state index contributed by atoms with van der Waals surface area (Å²) in [7, 11) is 0. The van der Waals surface area contributed by atoms with E-state index in [1.54, 1.807) is 12.1 Å². The maximum Gasteiger partial charge on any atom is 0.147 e. The standard InChI is InChI=1S/C15H13FO/c1-10(16)15(17)13-8-4-2-6-11(13)12-7-3-5-9-14(12)15/h2-10,17H,1H3. The Bertz CT molecular complexity index is 529. The minimum absolute atomic E-state index is 0.663. The molecule has 0 bridgehead atoms. The molecule has 1 aliphatic rings. The summed E-state index contributed by atoms with van der Waals surface area (Å²) in [6.07, 6.45) is -1.34. The molecule has 0 saturated carbocycles. The highest BCUT2D eigenvalue weighted by atomic mass is 19.1. The van der Waals surface area contributed by atoms with Crippen molar-refractivity contribution in [1.29, 1.82) is 0 Å². The van der Waals surface area contributed by atoms with Crippen LogP contribution in [0.5, 0.6) is 0 Å². The summed E-state index contributed by atoms with van der Waals surface area (Å²) < 4.78 is 13.9. The topological polar surface area (TPSA) is 20.2 Å². The minimum atomic E-state index is -1.51. The van der Waals surface area contributed by atoms with Gasteiger partial charge in [0.05, 0.1) is 0 Å². The van der Waals surface area contributed by atoms with Gasteiger partial charge in [-0.05, 0) is 29.2 Å². The van der Waals surface area contributed by atoms with Crippen molar-refractivity contribution in [3.05, 3.63) is 59.7 Å². The number of benzene rings is 2. The molecule has 17 heavy (non-hydrogen) atoms. The molecule has 1 atom stereocenters. The molecule has 0 radical (unpaired) electrons. The van der Waals surface area contributed by atoms with E-state index >= 15 is 0 Å². The molecule has 1 unspecified atom stereocenters. The Morgan fingerprint density at radius 3 is 1.76 bits per heavy atom. The van der Waals surface area contributed by atoms with Crippen molar-refractivity contribution < 1.29 is 9.50 Å². The molecular formula is C15H13FO. The van der Waals surface area contributed by atoms with Crippen LogP contribution in [0, 0.1) is 0 Å². The van der Waals surface area contributed by atoms with Gasteiger partial charge in [-0.15, -0.1) is 0 Å². The molecule has 2 aromatic rings. The Hall–Kier alpha value is -1.67. The molecule has 0 aromatic heterocycles. The quantitative estimate of drug-likeness (QED) is 0.794. The molecule has 2 heteroatoms. The summed E-state index contributed by atoms with van der Waals surface area (Å²) in [5, 5.41) is 10.7. The van der Waals surface area contributed by atoms with E-state index < -0.39 is 11.8 Å². The van der Waals surface area contributed by atoms with E-state index in [9.17, 15) is 9.50 Å². The van der Waals surface area contributed by atoms with Gasteiger partial charge in [-0.2, -0.15) is 0 Å². The van der Waals surface area contributed by atoms with Crippen LogP contribution in [0.4, 0.5) is 4.39 Å². The summed E-state index contributed by atoms with van der Waals surface area (Å²) in [5.74, 6) is 0.